The molecule has 0 heterocycles. The monoisotopic (exact) mass is 271 g/mol. The molecule has 92 valence electrons. The first kappa shape index (κ1) is 12.7. The van der Waals surface area contributed by atoms with Crippen LogP contribution in [-0.4, -0.2) is 17.3 Å². The lowest BCUT2D eigenvalue weighted by atomic mass is 9.78. The Hall–Kier alpha value is -0.730. The molecule has 1 aliphatic rings. The quantitative estimate of drug-likeness (QED) is 0.838. The minimum Gasteiger partial charge on any atom is -0.345 e. The first-order valence-corrected chi connectivity index (χ1v) is 6.62. The number of carbonyl (C=O) groups excluding carboxylic acids is 1. The maximum atomic E-state index is 12.0. The average Bonchev–Trinajstić information content (AvgIpc) is 2.27. The summed E-state index contributed by atoms with van der Waals surface area (Å²) in [4.78, 5) is 12.0. The second-order valence-corrected chi connectivity index (χ2v) is 5.36. The number of nitrogens with one attached hydrogen (secondary N) is 1. The van der Waals surface area contributed by atoms with Crippen LogP contribution in [0.25, 0.3) is 0 Å². The molecule has 0 aromatic heterocycles. The summed E-state index contributed by atoms with van der Waals surface area (Å²) >= 11 is 11.9. The van der Waals surface area contributed by atoms with Gasteiger partial charge in [0.25, 0.3) is 5.91 Å². The number of hydrogen-bond donors (Lipinski definition) is 1. The second kappa shape index (κ2) is 4.87. The molecule has 0 radical (unpaired) electrons. The SMILES string of the molecule is Cc1ccc(C(=O)NC2(CCl)CCC2)cc1Cl. The summed E-state index contributed by atoms with van der Waals surface area (Å²) in [6.45, 7) is 1.91. The van der Waals surface area contributed by atoms with Gasteiger partial charge in [0.2, 0.25) is 0 Å². The Morgan fingerprint density at radius 2 is 2.18 bits per heavy atom. The van der Waals surface area contributed by atoms with E-state index in [2.05, 4.69) is 5.32 Å². The molecule has 2 rings (SSSR count). The van der Waals surface area contributed by atoms with Crippen molar-refractivity contribution >= 4 is 29.1 Å². The minimum atomic E-state index is -0.198. The van der Waals surface area contributed by atoms with Crippen LogP contribution in [0.4, 0.5) is 0 Å². The number of alkyl halides is 1. The molecular formula is C13H15Cl2NO. The van der Waals surface area contributed by atoms with Gasteiger partial charge in [-0.15, -0.1) is 11.6 Å². The van der Waals surface area contributed by atoms with E-state index >= 15 is 0 Å². The summed E-state index contributed by atoms with van der Waals surface area (Å²) in [5, 5.41) is 3.63. The molecule has 0 bridgehead atoms. The number of aryl methyl sites for hydroxylation is 1. The Balaban J connectivity index is 2.11. The molecule has 0 unspecified atom stereocenters. The molecule has 1 aromatic rings. The van der Waals surface area contributed by atoms with E-state index in [4.69, 9.17) is 23.2 Å². The maximum Gasteiger partial charge on any atom is 0.251 e. The molecule has 0 atom stereocenters. The first-order valence-electron chi connectivity index (χ1n) is 5.71. The van der Waals surface area contributed by atoms with E-state index in [9.17, 15) is 4.79 Å². The van der Waals surface area contributed by atoms with Crippen LogP contribution in [0.1, 0.15) is 35.2 Å². The van der Waals surface area contributed by atoms with Crippen LogP contribution in [0, 0.1) is 6.92 Å². The normalized spacial score (nSPS) is 17.4. The van der Waals surface area contributed by atoms with Crippen LogP contribution >= 0.6 is 23.2 Å². The van der Waals surface area contributed by atoms with Crippen molar-refractivity contribution in [2.45, 2.75) is 31.7 Å². The van der Waals surface area contributed by atoms with Crippen LogP contribution in [0.15, 0.2) is 18.2 Å². The molecule has 1 fully saturated rings. The number of hydrogen-bond acceptors (Lipinski definition) is 1. The van der Waals surface area contributed by atoms with Gasteiger partial charge in [0.05, 0.1) is 5.54 Å². The lowest BCUT2D eigenvalue weighted by molar-refractivity contribution is 0.0854. The van der Waals surface area contributed by atoms with E-state index in [1.165, 1.54) is 0 Å². The standard InChI is InChI=1S/C13H15Cl2NO/c1-9-3-4-10(7-11(9)15)12(17)16-13(8-14)5-2-6-13/h3-4,7H,2,5-6,8H2,1H3,(H,16,17). The van der Waals surface area contributed by atoms with Gasteiger partial charge >= 0.3 is 0 Å². The Labute approximate surface area is 111 Å². The summed E-state index contributed by atoms with van der Waals surface area (Å²) in [5.41, 5.74) is 1.37. The van der Waals surface area contributed by atoms with Gasteiger partial charge in [-0.05, 0) is 43.9 Å². The van der Waals surface area contributed by atoms with Gasteiger partial charge < -0.3 is 5.32 Å². The number of halogens is 2. The van der Waals surface area contributed by atoms with Gasteiger partial charge in [-0.1, -0.05) is 17.7 Å². The van der Waals surface area contributed by atoms with E-state index in [0.717, 1.165) is 24.8 Å². The van der Waals surface area contributed by atoms with E-state index in [0.29, 0.717) is 16.5 Å². The van der Waals surface area contributed by atoms with E-state index in [1.807, 2.05) is 13.0 Å². The van der Waals surface area contributed by atoms with Gasteiger partial charge in [-0.3, -0.25) is 4.79 Å². The van der Waals surface area contributed by atoms with E-state index < -0.39 is 0 Å². The topological polar surface area (TPSA) is 29.1 Å². The third-order valence-corrected chi connectivity index (χ3v) is 4.30. The van der Waals surface area contributed by atoms with Crippen molar-refractivity contribution in [3.8, 4) is 0 Å². The smallest absolute Gasteiger partial charge is 0.251 e. The van der Waals surface area contributed by atoms with Crippen molar-refractivity contribution in [3.63, 3.8) is 0 Å². The highest BCUT2D eigenvalue weighted by Crippen LogP contribution is 2.33. The second-order valence-electron chi connectivity index (χ2n) is 4.69. The lowest BCUT2D eigenvalue weighted by Gasteiger charge is -2.41. The summed E-state index contributed by atoms with van der Waals surface area (Å²) in [7, 11) is 0. The number of benzene rings is 1. The van der Waals surface area contributed by atoms with Crippen molar-refractivity contribution in [1.82, 2.24) is 5.32 Å². The summed E-state index contributed by atoms with van der Waals surface area (Å²) < 4.78 is 0. The zero-order valence-corrected chi connectivity index (χ0v) is 11.2. The van der Waals surface area contributed by atoms with Gasteiger partial charge in [0.1, 0.15) is 0 Å². The average molecular weight is 272 g/mol. The lowest BCUT2D eigenvalue weighted by Crippen LogP contribution is -2.55. The van der Waals surface area contributed by atoms with Crippen LogP contribution in [-0.2, 0) is 0 Å². The molecule has 1 aromatic carbocycles. The molecule has 2 nitrogen and oxygen atoms in total. The molecule has 0 aliphatic heterocycles. The first-order chi connectivity index (χ1) is 8.06. The fourth-order valence-corrected chi connectivity index (χ4v) is 2.46. The van der Waals surface area contributed by atoms with Crippen LogP contribution < -0.4 is 5.32 Å². The Bertz CT molecular complexity index is 436. The van der Waals surface area contributed by atoms with Crippen molar-refractivity contribution in [1.29, 1.82) is 0 Å². The van der Waals surface area contributed by atoms with Gasteiger partial charge in [-0.25, -0.2) is 0 Å². The number of rotatable bonds is 3. The third-order valence-electron chi connectivity index (χ3n) is 3.38. The predicted octanol–water partition coefficient (Wildman–Crippen LogP) is 3.54. The van der Waals surface area contributed by atoms with Crippen LogP contribution in [0.5, 0.6) is 0 Å². The summed E-state index contributed by atoms with van der Waals surface area (Å²) in [6.07, 6.45) is 3.05. The van der Waals surface area contributed by atoms with Gasteiger partial charge in [-0.2, -0.15) is 0 Å². The van der Waals surface area contributed by atoms with Crippen molar-refractivity contribution < 1.29 is 4.79 Å². The Kier molecular flexibility index (Phi) is 3.64. The summed E-state index contributed by atoms with van der Waals surface area (Å²) in [6, 6.07) is 5.34. The highest BCUT2D eigenvalue weighted by Gasteiger charge is 2.37. The highest BCUT2D eigenvalue weighted by atomic mass is 35.5. The van der Waals surface area contributed by atoms with Crippen molar-refractivity contribution in [2.24, 2.45) is 0 Å². The fraction of sp³-hybridized carbons (Fsp3) is 0.462. The van der Waals surface area contributed by atoms with Gasteiger partial charge in [0.15, 0.2) is 0 Å². The molecule has 0 spiro atoms. The van der Waals surface area contributed by atoms with E-state index in [-0.39, 0.29) is 11.4 Å². The molecule has 1 saturated carbocycles. The zero-order chi connectivity index (χ0) is 12.5. The molecular weight excluding hydrogens is 257 g/mol. The molecule has 1 aliphatic carbocycles. The highest BCUT2D eigenvalue weighted by molar-refractivity contribution is 6.31. The maximum absolute atomic E-state index is 12.0. The predicted molar refractivity (Wildman–Crippen MR) is 71.0 cm³/mol. The summed E-state index contributed by atoms with van der Waals surface area (Å²) in [5.74, 6) is 0.380. The van der Waals surface area contributed by atoms with Crippen LogP contribution in [0.3, 0.4) is 0 Å². The Morgan fingerprint density at radius 1 is 1.47 bits per heavy atom. The van der Waals surface area contributed by atoms with E-state index in [1.54, 1.807) is 12.1 Å². The van der Waals surface area contributed by atoms with Crippen molar-refractivity contribution in [3.05, 3.63) is 34.3 Å². The van der Waals surface area contributed by atoms with Crippen molar-refractivity contribution in [2.75, 3.05) is 5.88 Å². The third kappa shape index (κ3) is 2.58. The molecule has 0 saturated heterocycles. The van der Waals surface area contributed by atoms with Gasteiger partial charge in [0, 0.05) is 16.5 Å². The zero-order valence-electron chi connectivity index (χ0n) is 9.72. The fourth-order valence-electron chi connectivity index (χ4n) is 1.94. The molecule has 1 N–H and O–H groups in total. The molecule has 1 amide bonds. The minimum absolute atomic E-state index is 0.0905. The van der Waals surface area contributed by atoms with Crippen LogP contribution in [0.2, 0.25) is 5.02 Å². The number of amides is 1. The largest absolute Gasteiger partial charge is 0.345 e. The molecule has 17 heavy (non-hydrogen) atoms. The number of carbonyl (C=O) groups is 1. The molecule has 4 heteroatoms. The Morgan fingerprint density at radius 3 is 2.65 bits per heavy atom.